The van der Waals surface area contributed by atoms with Crippen molar-refractivity contribution in [3.05, 3.63) is 0 Å². The van der Waals surface area contributed by atoms with Crippen LogP contribution in [0.15, 0.2) is 0 Å². The molecule has 4 heteroatoms. The molecule has 1 aliphatic rings. The summed E-state index contributed by atoms with van der Waals surface area (Å²) in [6.07, 6.45) is 1.52. The van der Waals surface area contributed by atoms with Crippen molar-refractivity contribution in [1.29, 1.82) is 0 Å². The molecule has 0 aliphatic carbocycles. The smallest absolute Gasteiger partial charge is 0.238 e. The molecule has 1 fully saturated rings. The number of aliphatic hydroxyl groups is 1. The summed E-state index contributed by atoms with van der Waals surface area (Å²) in [5.74, 6) is -0.410. The Morgan fingerprint density at radius 3 is 2.80 bits per heavy atom. The standard InChI is InChI=1S/C11H22N2O2/c1-8(2)9(7-14)11(10(12)15)5-4-6-13(11)3/h8-9,14H,4-7H2,1-3H3,(H2,12,15)/t9-,11+/m0/s1/i3D. The molecular formula is C11H22N2O2. The zero-order chi connectivity index (χ0) is 12.3. The van der Waals surface area contributed by atoms with Crippen LogP contribution in [0.2, 0.25) is 0 Å². The van der Waals surface area contributed by atoms with Gasteiger partial charge in [-0.05, 0) is 32.3 Å². The molecule has 1 saturated heterocycles. The van der Waals surface area contributed by atoms with Crippen molar-refractivity contribution in [2.24, 2.45) is 17.6 Å². The third-order valence-electron chi connectivity index (χ3n) is 3.59. The van der Waals surface area contributed by atoms with Crippen molar-refractivity contribution in [3.8, 4) is 0 Å². The first-order chi connectivity index (χ1) is 7.50. The van der Waals surface area contributed by atoms with Gasteiger partial charge >= 0.3 is 0 Å². The van der Waals surface area contributed by atoms with E-state index in [4.69, 9.17) is 7.10 Å². The lowest BCUT2D eigenvalue weighted by molar-refractivity contribution is -0.133. The second-order valence-electron chi connectivity index (χ2n) is 4.69. The van der Waals surface area contributed by atoms with Crippen molar-refractivity contribution in [2.75, 3.05) is 20.2 Å². The molecule has 1 aliphatic heterocycles. The Hall–Kier alpha value is -0.610. The Kier molecular flexibility index (Phi) is 3.26. The molecule has 88 valence electrons. The van der Waals surface area contributed by atoms with E-state index in [0.717, 1.165) is 13.0 Å². The second kappa shape index (κ2) is 4.49. The van der Waals surface area contributed by atoms with Crippen LogP contribution in [0.4, 0.5) is 0 Å². The minimum Gasteiger partial charge on any atom is -0.396 e. The van der Waals surface area contributed by atoms with Crippen LogP contribution in [0.25, 0.3) is 0 Å². The highest BCUT2D eigenvalue weighted by Crippen LogP contribution is 2.38. The third-order valence-corrected chi connectivity index (χ3v) is 3.59. The van der Waals surface area contributed by atoms with Crippen LogP contribution >= 0.6 is 0 Å². The third kappa shape index (κ3) is 1.88. The van der Waals surface area contributed by atoms with E-state index in [1.807, 2.05) is 13.8 Å². The number of primary amides is 1. The molecule has 0 unspecified atom stereocenters. The molecule has 4 nitrogen and oxygen atoms in total. The monoisotopic (exact) mass is 215 g/mol. The van der Waals surface area contributed by atoms with Gasteiger partial charge in [0.1, 0.15) is 5.54 Å². The molecule has 0 aromatic carbocycles. The van der Waals surface area contributed by atoms with Gasteiger partial charge in [-0.1, -0.05) is 13.8 Å². The number of amides is 1. The molecule has 0 spiro atoms. The van der Waals surface area contributed by atoms with Gasteiger partial charge in [-0.25, -0.2) is 0 Å². The van der Waals surface area contributed by atoms with Crippen LogP contribution in [0.5, 0.6) is 0 Å². The number of rotatable bonds is 4. The molecule has 1 rings (SSSR count). The van der Waals surface area contributed by atoms with Crippen molar-refractivity contribution < 1.29 is 11.3 Å². The average Bonchev–Trinajstić information content (AvgIpc) is 2.63. The summed E-state index contributed by atoms with van der Waals surface area (Å²) in [6.45, 7) is 4.62. The molecule has 0 aromatic rings. The maximum absolute atomic E-state index is 11.8. The van der Waals surface area contributed by atoms with E-state index in [0.29, 0.717) is 6.42 Å². The van der Waals surface area contributed by atoms with Gasteiger partial charge in [-0.3, -0.25) is 9.69 Å². The average molecular weight is 215 g/mol. The number of nitrogens with two attached hydrogens (primary N) is 1. The summed E-state index contributed by atoms with van der Waals surface area (Å²) in [5, 5.41) is 9.49. The zero-order valence-corrected chi connectivity index (χ0v) is 9.57. The summed E-state index contributed by atoms with van der Waals surface area (Å²) in [6, 6.07) is 0. The van der Waals surface area contributed by atoms with Crippen molar-refractivity contribution in [1.82, 2.24) is 4.90 Å². The number of likely N-dealkylation sites (N-methyl/N-ethyl adjacent to an activating group) is 1. The molecule has 1 heterocycles. The summed E-state index contributed by atoms with van der Waals surface area (Å²) >= 11 is 0. The second-order valence-corrected chi connectivity index (χ2v) is 4.69. The predicted octanol–water partition coefficient (Wildman–Crippen LogP) is 0.201. The van der Waals surface area contributed by atoms with Gasteiger partial charge in [0.25, 0.3) is 0 Å². The normalized spacial score (nSPS) is 30.5. The van der Waals surface area contributed by atoms with Crippen LogP contribution in [0.3, 0.4) is 0 Å². The fourth-order valence-corrected chi connectivity index (χ4v) is 2.69. The van der Waals surface area contributed by atoms with Crippen LogP contribution in [0, 0.1) is 11.8 Å². The molecule has 1 amide bonds. The Labute approximate surface area is 92.8 Å². The predicted molar refractivity (Wildman–Crippen MR) is 59.2 cm³/mol. The number of carbonyl (C=O) groups is 1. The Bertz CT molecular complexity index is 260. The number of hydrogen-bond acceptors (Lipinski definition) is 3. The van der Waals surface area contributed by atoms with E-state index in [2.05, 4.69) is 0 Å². The van der Waals surface area contributed by atoms with Gasteiger partial charge < -0.3 is 10.8 Å². The minimum absolute atomic E-state index is 0.0584. The zero-order valence-electron chi connectivity index (χ0n) is 10.6. The van der Waals surface area contributed by atoms with Crippen LogP contribution in [-0.2, 0) is 4.79 Å². The maximum atomic E-state index is 11.8. The summed E-state index contributed by atoms with van der Waals surface area (Å²) in [7, 11) is 0.0617. The largest absolute Gasteiger partial charge is 0.396 e. The SMILES string of the molecule is [2H]CN1CCC[C@]1(C(N)=O)[C@@H](CO)C(C)C. The molecule has 3 N–H and O–H groups in total. The van der Waals surface area contributed by atoms with E-state index < -0.39 is 11.4 Å². The quantitative estimate of drug-likeness (QED) is 0.704. The first kappa shape index (κ1) is 10.9. The highest BCUT2D eigenvalue weighted by atomic mass is 16.3. The van der Waals surface area contributed by atoms with Gasteiger partial charge in [-0.15, -0.1) is 0 Å². The van der Waals surface area contributed by atoms with Gasteiger partial charge in [-0.2, -0.15) is 0 Å². The lowest BCUT2D eigenvalue weighted by Crippen LogP contribution is -2.59. The Morgan fingerprint density at radius 2 is 2.40 bits per heavy atom. The molecular weight excluding hydrogens is 192 g/mol. The summed E-state index contributed by atoms with van der Waals surface area (Å²) < 4.78 is 7.49. The van der Waals surface area contributed by atoms with E-state index in [9.17, 15) is 9.90 Å². The number of nitrogens with zero attached hydrogens (tertiary/aromatic N) is 1. The lowest BCUT2D eigenvalue weighted by atomic mass is 9.75. The molecule has 15 heavy (non-hydrogen) atoms. The molecule has 2 atom stereocenters. The number of aliphatic hydroxyl groups excluding tert-OH is 1. The topological polar surface area (TPSA) is 66.6 Å². The van der Waals surface area contributed by atoms with Gasteiger partial charge in [0.2, 0.25) is 5.91 Å². The van der Waals surface area contributed by atoms with Gasteiger partial charge in [0.15, 0.2) is 0 Å². The van der Waals surface area contributed by atoms with E-state index >= 15 is 0 Å². The van der Waals surface area contributed by atoms with E-state index in [-0.39, 0.29) is 25.5 Å². The molecule has 0 bridgehead atoms. The van der Waals surface area contributed by atoms with Crippen LogP contribution in [-0.4, -0.2) is 41.6 Å². The van der Waals surface area contributed by atoms with Crippen molar-refractivity contribution in [3.63, 3.8) is 0 Å². The van der Waals surface area contributed by atoms with E-state index in [1.54, 1.807) is 4.90 Å². The summed E-state index contributed by atoms with van der Waals surface area (Å²) in [4.78, 5) is 13.6. The first-order valence-corrected chi connectivity index (χ1v) is 5.45. The lowest BCUT2D eigenvalue weighted by Gasteiger charge is -2.41. The summed E-state index contributed by atoms with van der Waals surface area (Å²) in [5.41, 5.74) is 4.72. The van der Waals surface area contributed by atoms with Crippen molar-refractivity contribution >= 4 is 5.91 Å². The maximum Gasteiger partial charge on any atom is 0.238 e. The first-order valence-electron chi connectivity index (χ1n) is 6.16. The highest BCUT2D eigenvalue weighted by Gasteiger charge is 2.50. The number of likely N-dealkylation sites (tertiary alicyclic amines) is 1. The molecule has 0 saturated carbocycles. The number of hydrogen-bond donors (Lipinski definition) is 2. The Morgan fingerprint density at radius 1 is 1.73 bits per heavy atom. The van der Waals surface area contributed by atoms with Crippen LogP contribution in [0.1, 0.15) is 28.1 Å². The van der Waals surface area contributed by atoms with Gasteiger partial charge in [0, 0.05) is 13.9 Å². The number of carbonyl (C=O) groups excluding carboxylic acids is 1. The minimum atomic E-state index is -0.815. The Balaban J connectivity index is 3.08. The molecule has 0 aromatic heterocycles. The fraction of sp³-hybridized carbons (Fsp3) is 0.909. The highest BCUT2D eigenvalue weighted by molar-refractivity contribution is 5.85. The van der Waals surface area contributed by atoms with Crippen LogP contribution < -0.4 is 5.73 Å². The fourth-order valence-electron chi connectivity index (χ4n) is 2.69. The van der Waals surface area contributed by atoms with Gasteiger partial charge in [0.05, 0.1) is 0 Å². The van der Waals surface area contributed by atoms with E-state index in [1.165, 1.54) is 0 Å². The van der Waals surface area contributed by atoms with Crippen molar-refractivity contribution in [2.45, 2.75) is 32.2 Å². The molecule has 0 radical (unpaired) electrons.